The predicted molar refractivity (Wildman–Crippen MR) is 110 cm³/mol. The van der Waals surface area contributed by atoms with Crippen molar-refractivity contribution in [1.29, 1.82) is 0 Å². The molecule has 0 bridgehead atoms. The van der Waals surface area contributed by atoms with Crippen LogP contribution in [0.2, 0.25) is 0 Å². The Bertz CT molecular complexity index is 987. The maximum atomic E-state index is 12.7. The largest absolute Gasteiger partial charge is 0.366 e. The molecule has 29 heavy (non-hydrogen) atoms. The summed E-state index contributed by atoms with van der Waals surface area (Å²) in [5.41, 5.74) is 5.96. The SMILES string of the molecule is CC(C(=O)Nc1ccccc1C(N)=O)N1CCN(S(=O)(=O)c2ccccc2)CC1. The average molecular weight is 417 g/mol. The molecule has 2 amide bonds. The second-order valence-electron chi connectivity index (χ2n) is 6.83. The van der Waals surface area contributed by atoms with Crippen molar-refractivity contribution in [3.05, 3.63) is 60.2 Å². The Balaban J connectivity index is 1.62. The van der Waals surface area contributed by atoms with Crippen LogP contribution in [0.3, 0.4) is 0 Å². The van der Waals surface area contributed by atoms with E-state index < -0.39 is 22.0 Å². The van der Waals surface area contributed by atoms with Crippen LogP contribution in [-0.4, -0.2) is 61.7 Å². The minimum atomic E-state index is -3.54. The highest BCUT2D eigenvalue weighted by Crippen LogP contribution is 2.19. The smallest absolute Gasteiger partial charge is 0.250 e. The van der Waals surface area contributed by atoms with Gasteiger partial charge in [0.2, 0.25) is 15.9 Å². The molecule has 3 N–H and O–H groups in total. The number of nitrogens with zero attached hydrogens (tertiary/aromatic N) is 2. The van der Waals surface area contributed by atoms with Gasteiger partial charge in [-0.05, 0) is 31.2 Å². The van der Waals surface area contributed by atoms with Crippen LogP contribution < -0.4 is 11.1 Å². The first-order valence-corrected chi connectivity index (χ1v) is 10.7. The summed E-state index contributed by atoms with van der Waals surface area (Å²) in [5, 5.41) is 2.74. The van der Waals surface area contributed by atoms with Gasteiger partial charge in [0.25, 0.3) is 5.91 Å². The van der Waals surface area contributed by atoms with E-state index in [0.717, 1.165) is 0 Å². The van der Waals surface area contributed by atoms with E-state index >= 15 is 0 Å². The molecule has 1 aliphatic heterocycles. The number of primary amides is 1. The van der Waals surface area contributed by atoms with E-state index in [1.807, 2.05) is 4.90 Å². The van der Waals surface area contributed by atoms with E-state index in [1.54, 1.807) is 61.5 Å². The van der Waals surface area contributed by atoms with Gasteiger partial charge in [0.05, 0.1) is 22.2 Å². The van der Waals surface area contributed by atoms with Gasteiger partial charge in [-0.1, -0.05) is 30.3 Å². The Kier molecular flexibility index (Phi) is 6.31. The Morgan fingerprint density at radius 2 is 1.55 bits per heavy atom. The zero-order valence-corrected chi connectivity index (χ0v) is 16.9. The predicted octanol–water partition coefficient (Wildman–Crippen LogP) is 1.12. The van der Waals surface area contributed by atoms with Crippen LogP contribution in [-0.2, 0) is 14.8 Å². The third kappa shape index (κ3) is 4.64. The number of rotatable bonds is 6. The lowest BCUT2D eigenvalue weighted by Crippen LogP contribution is -2.53. The standard InChI is InChI=1S/C20H24N4O4S/c1-15(20(26)22-18-10-6-5-9-17(18)19(21)25)23-11-13-24(14-12-23)29(27,28)16-7-3-2-4-8-16/h2-10,15H,11-14H2,1H3,(H2,21,25)(H,22,26). The number of piperazine rings is 1. The molecule has 2 aromatic carbocycles. The van der Waals surface area contributed by atoms with Gasteiger partial charge < -0.3 is 11.1 Å². The number of hydrogen-bond acceptors (Lipinski definition) is 5. The zero-order valence-electron chi connectivity index (χ0n) is 16.1. The molecule has 0 aromatic heterocycles. The monoisotopic (exact) mass is 416 g/mol. The van der Waals surface area contributed by atoms with Crippen molar-refractivity contribution in [3.63, 3.8) is 0 Å². The quantitative estimate of drug-likeness (QED) is 0.733. The molecule has 1 fully saturated rings. The normalized spacial score (nSPS) is 16.9. The van der Waals surface area contributed by atoms with E-state index in [4.69, 9.17) is 5.73 Å². The molecule has 0 spiro atoms. The zero-order chi connectivity index (χ0) is 21.0. The summed E-state index contributed by atoms with van der Waals surface area (Å²) < 4.78 is 26.9. The van der Waals surface area contributed by atoms with E-state index in [2.05, 4.69) is 5.32 Å². The van der Waals surface area contributed by atoms with Crippen molar-refractivity contribution in [2.24, 2.45) is 5.73 Å². The lowest BCUT2D eigenvalue weighted by Gasteiger charge is -2.36. The fourth-order valence-corrected chi connectivity index (χ4v) is 4.73. The number of hydrogen-bond donors (Lipinski definition) is 2. The third-order valence-electron chi connectivity index (χ3n) is 5.03. The molecule has 1 saturated heterocycles. The van der Waals surface area contributed by atoms with Crippen molar-refractivity contribution in [2.75, 3.05) is 31.5 Å². The highest BCUT2D eigenvalue weighted by Gasteiger charge is 2.31. The number of nitrogens with one attached hydrogen (secondary N) is 1. The van der Waals surface area contributed by atoms with Gasteiger partial charge in [0.15, 0.2) is 0 Å². The van der Waals surface area contributed by atoms with Crippen molar-refractivity contribution in [1.82, 2.24) is 9.21 Å². The molecule has 1 heterocycles. The fraction of sp³-hybridized carbons (Fsp3) is 0.300. The molecular formula is C20H24N4O4S. The van der Waals surface area contributed by atoms with Crippen molar-refractivity contribution < 1.29 is 18.0 Å². The second-order valence-corrected chi connectivity index (χ2v) is 8.77. The topological polar surface area (TPSA) is 113 Å². The van der Waals surface area contributed by atoms with E-state index in [0.29, 0.717) is 31.9 Å². The Hall–Kier alpha value is -2.75. The van der Waals surface area contributed by atoms with Gasteiger partial charge in [-0.15, -0.1) is 0 Å². The lowest BCUT2D eigenvalue weighted by atomic mass is 10.1. The van der Waals surface area contributed by atoms with E-state index in [9.17, 15) is 18.0 Å². The van der Waals surface area contributed by atoms with Crippen molar-refractivity contribution in [3.8, 4) is 0 Å². The lowest BCUT2D eigenvalue weighted by molar-refractivity contribution is -0.121. The maximum Gasteiger partial charge on any atom is 0.250 e. The van der Waals surface area contributed by atoms with Crippen LogP contribution in [0.5, 0.6) is 0 Å². The maximum absolute atomic E-state index is 12.7. The van der Waals surface area contributed by atoms with Crippen molar-refractivity contribution in [2.45, 2.75) is 17.9 Å². The fourth-order valence-electron chi connectivity index (χ4n) is 3.28. The number of benzene rings is 2. The van der Waals surface area contributed by atoms with Crippen LogP contribution in [0.25, 0.3) is 0 Å². The second kappa shape index (κ2) is 8.73. The third-order valence-corrected chi connectivity index (χ3v) is 6.94. The highest BCUT2D eigenvalue weighted by molar-refractivity contribution is 7.89. The molecule has 8 nitrogen and oxygen atoms in total. The molecular weight excluding hydrogens is 392 g/mol. The molecule has 2 aromatic rings. The Labute approximate surface area is 170 Å². The molecule has 154 valence electrons. The summed E-state index contributed by atoms with van der Waals surface area (Å²) >= 11 is 0. The molecule has 1 atom stereocenters. The molecule has 0 radical (unpaired) electrons. The average Bonchev–Trinajstić information content (AvgIpc) is 2.74. The number of sulfonamides is 1. The van der Waals surface area contributed by atoms with Crippen LogP contribution in [0.4, 0.5) is 5.69 Å². The minimum absolute atomic E-state index is 0.242. The van der Waals surface area contributed by atoms with Gasteiger partial charge >= 0.3 is 0 Å². The summed E-state index contributed by atoms with van der Waals surface area (Å²) in [6.45, 7) is 3.21. The first kappa shape index (κ1) is 21.0. The van der Waals surface area contributed by atoms with Crippen LogP contribution in [0.15, 0.2) is 59.5 Å². The number of amides is 2. The Morgan fingerprint density at radius 3 is 2.17 bits per heavy atom. The Morgan fingerprint density at radius 1 is 0.966 bits per heavy atom. The van der Waals surface area contributed by atoms with Crippen molar-refractivity contribution >= 4 is 27.5 Å². The van der Waals surface area contributed by atoms with Gasteiger partial charge in [0, 0.05) is 26.2 Å². The van der Waals surface area contributed by atoms with E-state index in [-0.39, 0.29) is 16.4 Å². The van der Waals surface area contributed by atoms with E-state index in [1.165, 1.54) is 4.31 Å². The minimum Gasteiger partial charge on any atom is -0.366 e. The first-order chi connectivity index (χ1) is 13.8. The molecule has 1 aliphatic rings. The highest BCUT2D eigenvalue weighted by atomic mass is 32.2. The molecule has 0 saturated carbocycles. The summed E-state index contributed by atoms with van der Waals surface area (Å²) in [7, 11) is -3.54. The molecule has 3 rings (SSSR count). The number of carbonyl (C=O) groups excluding carboxylic acids is 2. The summed E-state index contributed by atoms with van der Waals surface area (Å²) in [6, 6.07) is 14.4. The van der Waals surface area contributed by atoms with Crippen LogP contribution >= 0.6 is 0 Å². The molecule has 9 heteroatoms. The number of anilines is 1. The van der Waals surface area contributed by atoms with Crippen LogP contribution in [0, 0.1) is 0 Å². The summed E-state index contributed by atoms with van der Waals surface area (Å²) in [6.07, 6.45) is 0. The van der Waals surface area contributed by atoms with Gasteiger partial charge in [-0.2, -0.15) is 4.31 Å². The molecule has 0 aliphatic carbocycles. The number of para-hydroxylation sites is 1. The first-order valence-electron chi connectivity index (χ1n) is 9.29. The summed E-state index contributed by atoms with van der Waals surface area (Å²) in [5.74, 6) is -0.897. The van der Waals surface area contributed by atoms with Gasteiger partial charge in [-0.25, -0.2) is 8.42 Å². The number of nitrogens with two attached hydrogens (primary N) is 1. The number of carbonyl (C=O) groups is 2. The molecule has 1 unspecified atom stereocenters. The summed E-state index contributed by atoms with van der Waals surface area (Å²) in [4.78, 5) is 26.4. The van der Waals surface area contributed by atoms with Gasteiger partial charge in [-0.3, -0.25) is 14.5 Å². The van der Waals surface area contributed by atoms with Crippen LogP contribution in [0.1, 0.15) is 17.3 Å². The van der Waals surface area contributed by atoms with Gasteiger partial charge in [0.1, 0.15) is 0 Å².